The smallest absolute Gasteiger partial charge is 0.123 e. The Hall–Kier alpha value is -0.970. The molecule has 1 aromatic rings. The van der Waals surface area contributed by atoms with Crippen LogP contribution >= 0.6 is 0 Å². The van der Waals surface area contributed by atoms with Crippen LogP contribution in [-0.4, -0.2) is 49.0 Å². The van der Waals surface area contributed by atoms with Gasteiger partial charge in [0.05, 0.1) is 5.60 Å². The van der Waals surface area contributed by atoms with E-state index in [0.29, 0.717) is 13.0 Å². The molecular formula is C17H26FNO2. The van der Waals surface area contributed by atoms with E-state index in [4.69, 9.17) is 4.74 Å². The third kappa shape index (κ3) is 4.50. The van der Waals surface area contributed by atoms with E-state index in [2.05, 4.69) is 11.8 Å². The molecule has 1 N–H and O–H groups in total. The van der Waals surface area contributed by atoms with E-state index in [1.165, 1.54) is 6.07 Å². The van der Waals surface area contributed by atoms with Gasteiger partial charge in [0.25, 0.3) is 0 Å². The van der Waals surface area contributed by atoms with Crippen molar-refractivity contribution >= 4 is 0 Å². The monoisotopic (exact) mass is 295 g/mol. The first-order valence-electron chi connectivity index (χ1n) is 7.71. The van der Waals surface area contributed by atoms with Crippen LogP contribution in [0.5, 0.6) is 0 Å². The third-order valence-corrected chi connectivity index (χ3v) is 4.66. The van der Waals surface area contributed by atoms with Crippen molar-refractivity contribution in [3.05, 3.63) is 35.6 Å². The highest BCUT2D eigenvalue weighted by Crippen LogP contribution is 2.30. The molecule has 1 aliphatic rings. The molecule has 1 heterocycles. The summed E-state index contributed by atoms with van der Waals surface area (Å²) in [7, 11) is 1.67. The normalized spacial score (nSPS) is 27.0. The lowest BCUT2D eigenvalue weighted by Gasteiger charge is -2.43. The molecule has 1 saturated heterocycles. The van der Waals surface area contributed by atoms with Crippen molar-refractivity contribution in [3.8, 4) is 0 Å². The topological polar surface area (TPSA) is 32.7 Å². The molecule has 0 spiro atoms. The molecule has 3 nitrogen and oxygen atoms in total. The zero-order valence-corrected chi connectivity index (χ0v) is 13.0. The van der Waals surface area contributed by atoms with Gasteiger partial charge >= 0.3 is 0 Å². The van der Waals surface area contributed by atoms with Crippen molar-refractivity contribution in [1.29, 1.82) is 0 Å². The summed E-state index contributed by atoms with van der Waals surface area (Å²) in [6.45, 7) is 5.39. The van der Waals surface area contributed by atoms with Crippen LogP contribution in [0, 0.1) is 11.7 Å². The molecule has 2 atom stereocenters. The first kappa shape index (κ1) is 16.4. The van der Waals surface area contributed by atoms with E-state index < -0.39 is 5.60 Å². The first-order valence-corrected chi connectivity index (χ1v) is 7.71. The lowest BCUT2D eigenvalue weighted by molar-refractivity contribution is -0.0809. The molecule has 4 heteroatoms. The van der Waals surface area contributed by atoms with Gasteiger partial charge in [-0.05, 0) is 42.9 Å². The Morgan fingerprint density at radius 2 is 2.29 bits per heavy atom. The fraction of sp³-hybridized carbons (Fsp3) is 0.647. The summed E-state index contributed by atoms with van der Waals surface area (Å²) in [5, 5.41) is 10.7. The average Bonchev–Trinajstić information content (AvgIpc) is 2.47. The molecular weight excluding hydrogens is 269 g/mol. The Kier molecular flexibility index (Phi) is 5.73. The number of piperidine rings is 1. The predicted octanol–water partition coefficient (Wildman–Crippen LogP) is 2.48. The maximum Gasteiger partial charge on any atom is 0.123 e. The fourth-order valence-corrected chi connectivity index (χ4v) is 3.08. The van der Waals surface area contributed by atoms with Gasteiger partial charge in [0.1, 0.15) is 5.82 Å². The SMILES string of the molecule is COCCC1(O)CCN(CCc2cccc(F)c2)CC1C. The van der Waals surface area contributed by atoms with Crippen molar-refractivity contribution in [2.24, 2.45) is 5.92 Å². The van der Waals surface area contributed by atoms with Gasteiger partial charge in [-0.25, -0.2) is 4.39 Å². The number of rotatable bonds is 6. The number of hydrogen-bond donors (Lipinski definition) is 1. The van der Waals surface area contributed by atoms with E-state index in [1.807, 2.05) is 6.07 Å². The van der Waals surface area contributed by atoms with E-state index in [1.54, 1.807) is 19.2 Å². The molecule has 2 unspecified atom stereocenters. The maximum absolute atomic E-state index is 13.2. The number of ether oxygens (including phenoxy) is 1. The molecule has 0 amide bonds. The van der Waals surface area contributed by atoms with Gasteiger partial charge in [-0.2, -0.15) is 0 Å². The molecule has 1 aliphatic heterocycles. The molecule has 118 valence electrons. The largest absolute Gasteiger partial charge is 0.389 e. The van der Waals surface area contributed by atoms with Gasteiger partial charge in [0, 0.05) is 33.4 Å². The highest BCUT2D eigenvalue weighted by molar-refractivity contribution is 5.16. The summed E-state index contributed by atoms with van der Waals surface area (Å²) < 4.78 is 18.2. The number of methoxy groups -OCH3 is 1. The van der Waals surface area contributed by atoms with Crippen LogP contribution in [0.15, 0.2) is 24.3 Å². The van der Waals surface area contributed by atoms with Crippen molar-refractivity contribution < 1.29 is 14.2 Å². The molecule has 1 aromatic carbocycles. The number of hydrogen-bond acceptors (Lipinski definition) is 3. The number of aliphatic hydroxyl groups is 1. The molecule has 0 aliphatic carbocycles. The third-order valence-electron chi connectivity index (χ3n) is 4.66. The molecule has 0 aromatic heterocycles. The minimum atomic E-state index is -0.606. The van der Waals surface area contributed by atoms with Crippen LogP contribution in [0.2, 0.25) is 0 Å². The van der Waals surface area contributed by atoms with Gasteiger partial charge in [-0.15, -0.1) is 0 Å². The van der Waals surface area contributed by atoms with Gasteiger partial charge in [-0.1, -0.05) is 19.1 Å². The van der Waals surface area contributed by atoms with Crippen molar-refractivity contribution in [3.63, 3.8) is 0 Å². The Morgan fingerprint density at radius 3 is 2.95 bits per heavy atom. The first-order chi connectivity index (χ1) is 10.0. The summed E-state index contributed by atoms with van der Waals surface area (Å²) >= 11 is 0. The lowest BCUT2D eigenvalue weighted by atomic mass is 9.80. The minimum Gasteiger partial charge on any atom is -0.389 e. The quantitative estimate of drug-likeness (QED) is 0.875. The summed E-state index contributed by atoms with van der Waals surface area (Å²) in [5.74, 6) is 0.0577. The van der Waals surface area contributed by atoms with Crippen LogP contribution in [-0.2, 0) is 11.2 Å². The highest BCUT2D eigenvalue weighted by Gasteiger charge is 2.38. The molecule has 0 bridgehead atoms. The van der Waals surface area contributed by atoms with E-state index in [-0.39, 0.29) is 11.7 Å². The van der Waals surface area contributed by atoms with Crippen LogP contribution in [0.3, 0.4) is 0 Å². The second kappa shape index (κ2) is 7.34. The molecule has 21 heavy (non-hydrogen) atoms. The van der Waals surface area contributed by atoms with Crippen molar-refractivity contribution in [2.45, 2.75) is 31.8 Å². The summed E-state index contributed by atoms with van der Waals surface area (Å²) in [4.78, 5) is 2.36. The number of halogens is 1. The van der Waals surface area contributed by atoms with Crippen LogP contribution < -0.4 is 0 Å². The standard InChI is InChI=1S/C17H26FNO2/c1-14-13-19(10-7-17(14,20)8-11-21-2)9-6-15-4-3-5-16(18)12-15/h3-5,12,14,20H,6-11,13H2,1-2H3. The highest BCUT2D eigenvalue weighted by atomic mass is 19.1. The summed E-state index contributed by atoms with van der Waals surface area (Å²) in [6, 6.07) is 6.79. The van der Waals surface area contributed by atoms with Crippen LogP contribution in [0.4, 0.5) is 4.39 Å². The number of likely N-dealkylation sites (tertiary alicyclic amines) is 1. The van der Waals surface area contributed by atoms with Gasteiger partial charge in [-0.3, -0.25) is 0 Å². The van der Waals surface area contributed by atoms with Crippen LogP contribution in [0.1, 0.15) is 25.3 Å². The van der Waals surface area contributed by atoms with Gasteiger partial charge in [0.2, 0.25) is 0 Å². The molecule has 0 saturated carbocycles. The second-order valence-electron chi connectivity index (χ2n) is 6.18. The van der Waals surface area contributed by atoms with E-state index in [9.17, 15) is 9.50 Å². The molecule has 1 fully saturated rings. The predicted molar refractivity (Wildman–Crippen MR) is 81.8 cm³/mol. The van der Waals surface area contributed by atoms with Gasteiger partial charge in [0.15, 0.2) is 0 Å². The Bertz CT molecular complexity index is 454. The Labute approximate surface area is 126 Å². The Morgan fingerprint density at radius 1 is 1.48 bits per heavy atom. The van der Waals surface area contributed by atoms with Crippen molar-refractivity contribution in [2.75, 3.05) is 33.4 Å². The van der Waals surface area contributed by atoms with Gasteiger partial charge < -0.3 is 14.7 Å². The van der Waals surface area contributed by atoms with Crippen molar-refractivity contribution in [1.82, 2.24) is 4.90 Å². The molecule has 2 rings (SSSR count). The summed E-state index contributed by atoms with van der Waals surface area (Å²) in [6.07, 6.45) is 2.32. The average molecular weight is 295 g/mol. The zero-order valence-electron chi connectivity index (χ0n) is 13.0. The van der Waals surface area contributed by atoms with E-state index >= 15 is 0 Å². The van der Waals surface area contributed by atoms with Crippen LogP contribution in [0.25, 0.3) is 0 Å². The Balaban J connectivity index is 1.82. The zero-order chi connectivity index (χ0) is 15.3. The number of benzene rings is 1. The summed E-state index contributed by atoms with van der Waals surface area (Å²) in [5.41, 5.74) is 0.425. The second-order valence-corrected chi connectivity index (χ2v) is 6.18. The fourth-order valence-electron chi connectivity index (χ4n) is 3.08. The number of nitrogens with zero attached hydrogens (tertiary/aromatic N) is 1. The lowest BCUT2D eigenvalue weighted by Crippen LogP contribution is -2.51. The van der Waals surface area contributed by atoms with E-state index in [0.717, 1.165) is 38.0 Å². The molecule has 0 radical (unpaired) electrons. The minimum absolute atomic E-state index is 0.173. The maximum atomic E-state index is 13.2.